The lowest BCUT2D eigenvalue weighted by Crippen LogP contribution is -2.11. The summed E-state index contributed by atoms with van der Waals surface area (Å²) < 4.78 is 50.8. The third-order valence-electron chi connectivity index (χ3n) is 4.43. The van der Waals surface area contributed by atoms with Crippen LogP contribution in [0.15, 0.2) is 70.2 Å². The molecule has 2 aromatic carbocycles. The van der Waals surface area contributed by atoms with Crippen molar-refractivity contribution < 1.29 is 27.0 Å². The summed E-state index contributed by atoms with van der Waals surface area (Å²) in [5, 5.41) is 5.17. The molecule has 0 bridgehead atoms. The van der Waals surface area contributed by atoms with E-state index < -0.39 is 29.6 Å². The van der Waals surface area contributed by atoms with Crippen molar-refractivity contribution in [1.29, 1.82) is 0 Å². The number of thioether (sulfide) groups is 1. The lowest BCUT2D eigenvalue weighted by atomic mass is 10.1. The second kappa shape index (κ2) is 10.2. The van der Waals surface area contributed by atoms with Crippen molar-refractivity contribution in [1.82, 2.24) is 4.98 Å². The molecule has 0 aliphatic heterocycles. The van der Waals surface area contributed by atoms with E-state index in [0.29, 0.717) is 22.8 Å². The van der Waals surface area contributed by atoms with Crippen LogP contribution in [0, 0.1) is 0 Å². The first-order chi connectivity index (χ1) is 15.0. The summed E-state index contributed by atoms with van der Waals surface area (Å²) in [6.45, 7) is 0. The molecule has 0 spiro atoms. The van der Waals surface area contributed by atoms with Gasteiger partial charge in [-0.3, -0.25) is 4.98 Å². The maximum Gasteiger partial charge on any atom is 0.340 e. The third-order valence-corrected chi connectivity index (χ3v) is 7.81. The first-order valence-electron chi connectivity index (χ1n) is 8.99. The number of primary sulfonamides is 1. The number of nitrogens with zero attached hydrogens (tertiary/aromatic N) is 1. The van der Waals surface area contributed by atoms with Crippen molar-refractivity contribution in [2.24, 2.45) is 5.14 Å². The van der Waals surface area contributed by atoms with Gasteiger partial charge in [0.1, 0.15) is 0 Å². The van der Waals surface area contributed by atoms with E-state index in [0.717, 1.165) is 11.1 Å². The van der Waals surface area contributed by atoms with E-state index in [2.05, 4.69) is 20.9 Å². The molecule has 0 fully saturated rings. The monoisotopic (exact) mass is 562 g/mol. The highest BCUT2D eigenvalue weighted by Gasteiger charge is 2.42. The van der Waals surface area contributed by atoms with Gasteiger partial charge in [-0.2, -0.15) is 20.5 Å². The van der Waals surface area contributed by atoms with Crippen molar-refractivity contribution in [3.8, 4) is 11.3 Å². The minimum Gasteiger partial charge on any atom is -0.346 e. The van der Waals surface area contributed by atoms with E-state index in [4.69, 9.17) is 14.9 Å². The molecule has 0 aliphatic rings. The molecule has 1 aromatic heterocycles. The number of benzene rings is 2. The van der Waals surface area contributed by atoms with E-state index >= 15 is 0 Å². The molecule has 0 atom stereocenters. The van der Waals surface area contributed by atoms with E-state index in [-0.39, 0.29) is 9.37 Å². The van der Waals surface area contributed by atoms with Crippen LogP contribution in [0.2, 0.25) is 0 Å². The molecule has 1 heterocycles. The Morgan fingerprint density at radius 3 is 2.34 bits per heavy atom. The van der Waals surface area contributed by atoms with Gasteiger partial charge >= 0.3 is 5.66 Å². The van der Waals surface area contributed by atoms with Crippen LogP contribution in [0.25, 0.3) is 11.3 Å². The Morgan fingerprint density at radius 1 is 1.06 bits per heavy atom. The van der Waals surface area contributed by atoms with Gasteiger partial charge in [-0.25, -0.2) is 13.6 Å². The summed E-state index contributed by atoms with van der Waals surface area (Å²) >= 11 is 4.64. The van der Waals surface area contributed by atoms with Gasteiger partial charge in [0.25, 0.3) is 0 Å². The molecule has 4 N–H and O–H groups in total. The van der Waals surface area contributed by atoms with Crippen LogP contribution in [0.3, 0.4) is 0 Å². The van der Waals surface area contributed by atoms with Gasteiger partial charge in [0.05, 0.1) is 10.6 Å². The van der Waals surface area contributed by atoms with E-state index in [1.807, 2.05) is 6.07 Å². The lowest BCUT2D eigenvalue weighted by molar-refractivity contribution is 0.0724. The summed E-state index contributed by atoms with van der Waals surface area (Å²) in [6.07, 6.45) is 1.69. The molecule has 3 aromatic rings. The Labute approximate surface area is 198 Å². The second-order valence-corrected chi connectivity index (χ2v) is 11.3. The average Bonchev–Trinajstić information content (AvgIpc) is 2.73. The fraction of sp³-hybridized carbons (Fsp3) is 0.150. The zero-order chi connectivity index (χ0) is 23.5. The Kier molecular flexibility index (Phi) is 8.03. The van der Waals surface area contributed by atoms with Crippen molar-refractivity contribution in [3.05, 3.63) is 82.0 Å². The van der Waals surface area contributed by atoms with Gasteiger partial charge in [0, 0.05) is 33.3 Å². The fourth-order valence-electron chi connectivity index (χ4n) is 2.80. The van der Waals surface area contributed by atoms with Crippen LogP contribution in [-0.2, 0) is 27.2 Å². The van der Waals surface area contributed by atoms with Crippen molar-refractivity contribution in [2.75, 3.05) is 0 Å². The highest BCUT2D eigenvalue weighted by Crippen LogP contribution is 2.54. The summed E-state index contributed by atoms with van der Waals surface area (Å²) in [7, 11) is -7.22. The largest absolute Gasteiger partial charge is 0.346 e. The van der Waals surface area contributed by atoms with Crippen molar-refractivity contribution >= 4 is 46.1 Å². The number of alkyl halides is 2. The highest BCUT2D eigenvalue weighted by molar-refractivity contribution is 9.10. The van der Waals surface area contributed by atoms with Gasteiger partial charge in [-0.1, -0.05) is 46.3 Å². The summed E-state index contributed by atoms with van der Waals surface area (Å²) in [5.74, 6) is 1.17. The van der Waals surface area contributed by atoms with Crippen LogP contribution in [0.1, 0.15) is 16.7 Å². The average molecular weight is 563 g/mol. The van der Waals surface area contributed by atoms with Crippen molar-refractivity contribution in [2.45, 2.75) is 22.1 Å². The van der Waals surface area contributed by atoms with Gasteiger partial charge in [0.15, 0.2) is 0 Å². The number of hydrogen-bond donors (Lipinski definition) is 3. The number of sulfonamides is 1. The minimum atomic E-state index is -3.80. The summed E-state index contributed by atoms with van der Waals surface area (Å²) in [5.41, 5.74) is -1.19. The Morgan fingerprint density at radius 2 is 1.75 bits per heavy atom. The second-order valence-electron chi connectivity index (χ2n) is 6.76. The zero-order valence-corrected chi connectivity index (χ0v) is 20.4. The molecule has 32 heavy (non-hydrogen) atoms. The van der Waals surface area contributed by atoms with Crippen LogP contribution >= 0.6 is 36.1 Å². The number of nitrogens with two attached hydrogens (primary N) is 1. The smallest absolute Gasteiger partial charge is 0.340 e. The molecule has 0 aliphatic carbocycles. The third kappa shape index (κ3) is 6.11. The summed E-state index contributed by atoms with van der Waals surface area (Å²) in [6, 6.07) is 14.1. The molecule has 0 saturated heterocycles. The van der Waals surface area contributed by atoms with E-state index in [1.165, 1.54) is 30.3 Å². The van der Waals surface area contributed by atoms with Crippen molar-refractivity contribution in [3.63, 3.8) is 0 Å². The standard InChI is InChI=1S/C20H18BrF2N2O4PS2/c21-18-8-13(4-6-17(18)20(22,23)30(26)27)11-31-12-14-5-7-19(25-10-14)15-2-1-3-16(9-15)32(24,28)29/h1-10,26-27H,11-12H2,(H2,24,28,29). The highest BCUT2D eigenvalue weighted by atomic mass is 79.9. The van der Waals surface area contributed by atoms with Crippen LogP contribution in [0.4, 0.5) is 8.78 Å². The predicted molar refractivity (Wildman–Crippen MR) is 125 cm³/mol. The van der Waals surface area contributed by atoms with Crippen LogP contribution < -0.4 is 5.14 Å². The fourth-order valence-corrected chi connectivity index (χ4v) is 5.52. The molecule has 0 unspecified atom stereocenters. The first kappa shape index (κ1) is 25.2. The number of aromatic nitrogens is 1. The van der Waals surface area contributed by atoms with Crippen LogP contribution in [-0.4, -0.2) is 23.2 Å². The topological polar surface area (TPSA) is 114 Å². The van der Waals surface area contributed by atoms with E-state index in [9.17, 15) is 17.2 Å². The molecular weight excluding hydrogens is 545 g/mol. The first-order valence-corrected chi connectivity index (χ1v) is 13.7. The molecule has 170 valence electrons. The molecule has 12 heteroatoms. The Bertz CT molecular complexity index is 1210. The Hall–Kier alpha value is -1.46. The predicted octanol–water partition coefficient (Wildman–Crippen LogP) is 4.94. The van der Waals surface area contributed by atoms with Gasteiger partial charge in [-0.05, 0) is 35.4 Å². The molecule has 3 rings (SSSR count). The van der Waals surface area contributed by atoms with Gasteiger partial charge < -0.3 is 9.79 Å². The van der Waals surface area contributed by atoms with E-state index in [1.54, 1.807) is 36.2 Å². The SMILES string of the molecule is NS(=O)(=O)c1cccc(-c2ccc(CSCc3ccc(C(F)(F)P(O)O)c(Br)c3)cn2)c1. The molecule has 6 nitrogen and oxygen atoms in total. The molecule has 0 radical (unpaired) electrons. The zero-order valence-electron chi connectivity index (χ0n) is 16.3. The lowest BCUT2D eigenvalue weighted by Gasteiger charge is -2.19. The maximum absolute atomic E-state index is 13.8. The van der Waals surface area contributed by atoms with Crippen LogP contribution in [0.5, 0.6) is 0 Å². The molecular formula is C20H18BrF2N2O4PS2. The normalized spacial score (nSPS) is 12.3. The molecule has 0 saturated carbocycles. The summed E-state index contributed by atoms with van der Waals surface area (Å²) in [4.78, 5) is 22.3. The Balaban J connectivity index is 1.63. The minimum absolute atomic E-state index is 0.0148. The number of rotatable bonds is 8. The van der Waals surface area contributed by atoms with Gasteiger partial charge in [0.2, 0.25) is 18.4 Å². The number of pyridine rings is 1. The number of hydrogen-bond acceptors (Lipinski definition) is 6. The quantitative estimate of drug-likeness (QED) is 0.335. The maximum atomic E-state index is 13.8. The molecule has 0 amide bonds. The van der Waals surface area contributed by atoms with Gasteiger partial charge in [-0.15, -0.1) is 0 Å². The number of halogens is 3.